The van der Waals surface area contributed by atoms with E-state index in [1.165, 1.54) is 14.0 Å². The second-order valence-corrected chi connectivity index (χ2v) is 9.31. The van der Waals surface area contributed by atoms with Crippen LogP contribution >= 0.6 is 11.6 Å². The van der Waals surface area contributed by atoms with Crippen molar-refractivity contribution in [2.75, 3.05) is 24.8 Å². The number of nitrogens with zero attached hydrogens (tertiary/aromatic N) is 1. The first-order valence-electron chi connectivity index (χ1n) is 9.27. The summed E-state index contributed by atoms with van der Waals surface area (Å²) in [5.41, 5.74) is 1.85. The molecule has 0 bridgehead atoms. The van der Waals surface area contributed by atoms with E-state index in [4.69, 9.17) is 21.1 Å². The van der Waals surface area contributed by atoms with Gasteiger partial charge in [0.05, 0.1) is 32.2 Å². The van der Waals surface area contributed by atoms with Gasteiger partial charge in [0.15, 0.2) is 11.5 Å². The summed E-state index contributed by atoms with van der Waals surface area (Å²) in [4.78, 5) is 13.0. The van der Waals surface area contributed by atoms with Gasteiger partial charge in [-0.05, 0) is 56.2 Å². The van der Waals surface area contributed by atoms with Gasteiger partial charge in [-0.1, -0.05) is 23.7 Å². The molecule has 1 amide bonds. The number of sulfonamides is 1. The smallest absolute Gasteiger partial charge is 0.244 e. The summed E-state index contributed by atoms with van der Waals surface area (Å²) in [7, 11) is -0.669. The number of nitrogens with one attached hydrogen (secondary N) is 1. The van der Waals surface area contributed by atoms with E-state index in [2.05, 4.69) is 5.32 Å². The molecule has 0 saturated carbocycles. The third-order valence-corrected chi connectivity index (χ3v) is 6.23. The number of ether oxygens (including phenoxy) is 2. The molecule has 164 valence electrons. The van der Waals surface area contributed by atoms with Crippen LogP contribution in [0.1, 0.15) is 31.0 Å². The summed E-state index contributed by atoms with van der Waals surface area (Å²) in [6.45, 7) is 5.11. The molecule has 0 fully saturated rings. The molecular weight excluding hydrogens is 428 g/mol. The van der Waals surface area contributed by atoms with E-state index < -0.39 is 22.0 Å². The molecule has 2 aromatic carbocycles. The van der Waals surface area contributed by atoms with Crippen LogP contribution in [0.3, 0.4) is 0 Å². The largest absolute Gasteiger partial charge is 0.493 e. The van der Waals surface area contributed by atoms with Gasteiger partial charge in [0.25, 0.3) is 0 Å². The number of halogens is 1. The first-order valence-corrected chi connectivity index (χ1v) is 11.5. The number of amides is 1. The fourth-order valence-corrected chi connectivity index (χ4v) is 4.53. The van der Waals surface area contributed by atoms with Crippen molar-refractivity contribution in [2.45, 2.75) is 32.9 Å². The molecule has 0 aromatic heterocycles. The second-order valence-electron chi connectivity index (χ2n) is 7.01. The molecule has 0 aliphatic rings. The van der Waals surface area contributed by atoms with Crippen LogP contribution < -0.4 is 19.1 Å². The van der Waals surface area contributed by atoms with Crippen molar-refractivity contribution in [3.8, 4) is 11.5 Å². The number of hydrogen-bond acceptors (Lipinski definition) is 5. The lowest BCUT2D eigenvalue weighted by molar-refractivity contribution is -0.122. The standard InChI is InChI=1S/C21H27ClN2O5S/c1-13-7-9-17(22)12-18(13)24(30(6,26)27)15(3)21(25)23-14(2)16-8-10-19(28-4)20(11-16)29-5/h7-12,14-15H,1-6H3,(H,23,25)/t14-,15-/m1/s1. The Kier molecular flexibility index (Phi) is 7.60. The maximum Gasteiger partial charge on any atom is 0.244 e. The normalized spacial score (nSPS) is 13.3. The predicted molar refractivity (Wildman–Crippen MR) is 119 cm³/mol. The minimum Gasteiger partial charge on any atom is -0.493 e. The van der Waals surface area contributed by atoms with Gasteiger partial charge in [-0.25, -0.2) is 8.42 Å². The van der Waals surface area contributed by atoms with Crippen molar-refractivity contribution >= 4 is 33.2 Å². The van der Waals surface area contributed by atoms with E-state index in [1.807, 2.05) is 6.07 Å². The number of rotatable bonds is 8. The molecule has 1 N–H and O–H groups in total. The van der Waals surface area contributed by atoms with E-state index in [-0.39, 0.29) is 6.04 Å². The van der Waals surface area contributed by atoms with Crippen molar-refractivity contribution in [3.63, 3.8) is 0 Å². The van der Waals surface area contributed by atoms with Crippen LogP contribution in [0.2, 0.25) is 5.02 Å². The zero-order valence-corrected chi connectivity index (χ0v) is 19.5. The van der Waals surface area contributed by atoms with Crippen LogP contribution in [-0.4, -0.2) is 40.8 Å². The molecule has 0 saturated heterocycles. The highest BCUT2D eigenvalue weighted by Crippen LogP contribution is 2.31. The summed E-state index contributed by atoms with van der Waals surface area (Å²) in [6, 6.07) is 8.88. The number of anilines is 1. The van der Waals surface area contributed by atoms with Crippen LogP contribution in [0.15, 0.2) is 36.4 Å². The maximum atomic E-state index is 13.0. The Morgan fingerprint density at radius 1 is 1.07 bits per heavy atom. The van der Waals surface area contributed by atoms with Gasteiger partial charge < -0.3 is 14.8 Å². The average Bonchev–Trinajstić information content (AvgIpc) is 2.68. The zero-order valence-electron chi connectivity index (χ0n) is 17.9. The van der Waals surface area contributed by atoms with Crippen LogP contribution in [0, 0.1) is 6.92 Å². The third-order valence-electron chi connectivity index (χ3n) is 4.76. The highest BCUT2D eigenvalue weighted by molar-refractivity contribution is 7.92. The van der Waals surface area contributed by atoms with E-state index in [9.17, 15) is 13.2 Å². The van der Waals surface area contributed by atoms with E-state index in [0.717, 1.165) is 16.1 Å². The molecule has 0 heterocycles. The van der Waals surface area contributed by atoms with Gasteiger partial charge in [-0.15, -0.1) is 0 Å². The second kappa shape index (κ2) is 9.57. The molecular formula is C21H27ClN2O5S. The fraction of sp³-hybridized carbons (Fsp3) is 0.381. The van der Waals surface area contributed by atoms with E-state index in [0.29, 0.717) is 27.8 Å². The molecule has 2 aromatic rings. The third kappa shape index (κ3) is 5.37. The van der Waals surface area contributed by atoms with Gasteiger partial charge in [-0.2, -0.15) is 0 Å². The van der Waals surface area contributed by atoms with Crippen molar-refractivity contribution < 1.29 is 22.7 Å². The quantitative estimate of drug-likeness (QED) is 0.657. The summed E-state index contributed by atoms with van der Waals surface area (Å²) < 4.78 is 36.7. The van der Waals surface area contributed by atoms with E-state index >= 15 is 0 Å². The number of methoxy groups -OCH3 is 2. The Labute approximate surface area is 183 Å². The van der Waals surface area contributed by atoms with Gasteiger partial charge in [0.1, 0.15) is 6.04 Å². The number of hydrogen-bond donors (Lipinski definition) is 1. The monoisotopic (exact) mass is 454 g/mol. The Balaban J connectivity index is 2.30. The topological polar surface area (TPSA) is 84.9 Å². The Morgan fingerprint density at radius 3 is 2.27 bits per heavy atom. The molecule has 0 radical (unpaired) electrons. The number of benzene rings is 2. The molecule has 7 nitrogen and oxygen atoms in total. The summed E-state index contributed by atoms with van der Waals surface area (Å²) >= 11 is 6.07. The van der Waals surface area contributed by atoms with Gasteiger partial charge in [0.2, 0.25) is 15.9 Å². The number of carbonyl (C=O) groups is 1. The summed E-state index contributed by atoms with van der Waals surface area (Å²) in [6.07, 6.45) is 1.06. The van der Waals surface area contributed by atoms with Gasteiger partial charge >= 0.3 is 0 Å². The minimum absolute atomic E-state index is 0.367. The lowest BCUT2D eigenvalue weighted by Crippen LogP contribution is -2.48. The highest BCUT2D eigenvalue weighted by Gasteiger charge is 2.31. The first kappa shape index (κ1) is 23.8. The summed E-state index contributed by atoms with van der Waals surface area (Å²) in [5, 5.41) is 3.25. The molecule has 0 aliphatic heterocycles. The van der Waals surface area contributed by atoms with Crippen molar-refractivity contribution in [1.29, 1.82) is 0 Å². The molecule has 0 unspecified atom stereocenters. The fourth-order valence-electron chi connectivity index (χ4n) is 3.14. The Hall–Kier alpha value is -2.45. The van der Waals surface area contributed by atoms with Crippen LogP contribution in [0.4, 0.5) is 5.69 Å². The SMILES string of the molecule is COc1ccc([C@@H](C)NC(=O)[C@@H](C)N(c2cc(Cl)ccc2C)S(C)(=O)=O)cc1OC. The Bertz CT molecular complexity index is 1030. The molecule has 30 heavy (non-hydrogen) atoms. The van der Waals surface area contributed by atoms with E-state index in [1.54, 1.807) is 51.3 Å². The molecule has 0 spiro atoms. The van der Waals surface area contributed by atoms with Crippen LogP contribution in [-0.2, 0) is 14.8 Å². The van der Waals surface area contributed by atoms with Gasteiger partial charge in [-0.3, -0.25) is 9.10 Å². The molecule has 2 atom stereocenters. The molecule has 0 aliphatic carbocycles. The highest BCUT2D eigenvalue weighted by atomic mass is 35.5. The number of carbonyl (C=O) groups excluding carboxylic acids is 1. The average molecular weight is 455 g/mol. The molecule has 2 rings (SSSR count). The molecule has 9 heteroatoms. The first-order chi connectivity index (χ1) is 14.0. The summed E-state index contributed by atoms with van der Waals surface area (Å²) in [5.74, 6) is 0.673. The zero-order chi connectivity index (χ0) is 22.6. The lowest BCUT2D eigenvalue weighted by Gasteiger charge is -2.30. The maximum absolute atomic E-state index is 13.0. The van der Waals surface area contributed by atoms with Gasteiger partial charge in [0, 0.05) is 5.02 Å². The van der Waals surface area contributed by atoms with Crippen molar-refractivity contribution in [3.05, 3.63) is 52.5 Å². The lowest BCUT2D eigenvalue weighted by atomic mass is 10.1. The Morgan fingerprint density at radius 2 is 1.70 bits per heavy atom. The van der Waals surface area contributed by atoms with Crippen molar-refractivity contribution in [2.24, 2.45) is 0 Å². The van der Waals surface area contributed by atoms with Crippen molar-refractivity contribution in [1.82, 2.24) is 5.32 Å². The predicted octanol–water partition coefficient (Wildman–Crippen LogP) is 3.70. The van der Waals surface area contributed by atoms with Crippen LogP contribution in [0.5, 0.6) is 11.5 Å². The minimum atomic E-state index is -3.74. The van der Waals surface area contributed by atoms with Crippen LogP contribution in [0.25, 0.3) is 0 Å². The number of aryl methyl sites for hydroxylation is 1.